The first-order valence-electron chi connectivity index (χ1n) is 9.65. The Morgan fingerprint density at radius 3 is 2.00 bits per heavy atom. The molecule has 0 spiro atoms. The van der Waals surface area contributed by atoms with Crippen LogP contribution >= 0.6 is 0 Å². The van der Waals surface area contributed by atoms with Crippen molar-refractivity contribution in [2.24, 2.45) is 0 Å². The second-order valence-corrected chi connectivity index (χ2v) is 11.3. The molecule has 28 heavy (non-hydrogen) atoms. The maximum absolute atomic E-state index is 13.8. The molecular formula is C23H30O4S. The molecule has 0 aliphatic carbocycles. The van der Waals surface area contributed by atoms with Crippen molar-refractivity contribution < 1.29 is 17.9 Å². The van der Waals surface area contributed by atoms with Crippen LogP contribution in [-0.2, 0) is 25.4 Å². The van der Waals surface area contributed by atoms with Gasteiger partial charge in [-0.3, -0.25) is 0 Å². The van der Waals surface area contributed by atoms with E-state index in [1.807, 2.05) is 39.0 Å². The van der Waals surface area contributed by atoms with Gasteiger partial charge in [-0.25, -0.2) is 8.42 Å². The summed E-state index contributed by atoms with van der Waals surface area (Å²) in [5.41, 5.74) is 1.12. The molecule has 1 atom stereocenters. The fourth-order valence-corrected chi connectivity index (χ4v) is 5.08. The maximum Gasteiger partial charge on any atom is 0.210 e. The number of benzene rings is 2. The molecule has 2 aromatic carbocycles. The Balaban J connectivity index is 2.20. The molecule has 4 nitrogen and oxygen atoms in total. The maximum atomic E-state index is 13.8. The van der Waals surface area contributed by atoms with Crippen LogP contribution in [0.1, 0.15) is 52.7 Å². The van der Waals surface area contributed by atoms with Crippen molar-refractivity contribution in [3.05, 3.63) is 53.6 Å². The molecular weight excluding hydrogens is 372 g/mol. The molecule has 0 saturated carbocycles. The predicted molar refractivity (Wildman–Crippen MR) is 111 cm³/mol. The second kappa shape index (κ2) is 7.20. The van der Waals surface area contributed by atoms with Crippen LogP contribution in [0, 0.1) is 0 Å². The van der Waals surface area contributed by atoms with Gasteiger partial charge in [-0.2, -0.15) is 0 Å². The van der Waals surface area contributed by atoms with E-state index in [4.69, 9.17) is 9.47 Å². The van der Waals surface area contributed by atoms with Gasteiger partial charge >= 0.3 is 0 Å². The molecule has 1 aliphatic rings. The zero-order valence-corrected chi connectivity index (χ0v) is 18.4. The van der Waals surface area contributed by atoms with Crippen LogP contribution in [0.4, 0.5) is 0 Å². The Kier molecular flexibility index (Phi) is 5.36. The van der Waals surface area contributed by atoms with Gasteiger partial charge in [-0.1, -0.05) is 71.9 Å². The highest BCUT2D eigenvalue weighted by molar-refractivity contribution is 7.91. The van der Waals surface area contributed by atoms with Gasteiger partial charge in [-0.05, 0) is 28.5 Å². The first-order valence-corrected chi connectivity index (χ1v) is 11.1. The van der Waals surface area contributed by atoms with Crippen molar-refractivity contribution in [3.8, 4) is 5.75 Å². The summed E-state index contributed by atoms with van der Waals surface area (Å²) in [7, 11) is -3.76. The van der Waals surface area contributed by atoms with Gasteiger partial charge in [0.15, 0.2) is 0 Å². The van der Waals surface area contributed by atoms with E-state index in [9.17, 15) is 8.42 Å². The number of sulfone groups is 1. The molecule has 0 amide bonds. The number of rotatable bonds is 5. The summed E-state index contributed by atoms with van der Waals surface area (Å²) in [5.74, 6) is 0.439. The molecule has 0 radical (unpaired) electrons. The van der Waals surface area contributed by atoms with E-state index in [-0.39, 0.29) is 21.8 Å². The minimum atomic E-state index is -3.76. The third-order valence-corrected chi connectivity index (χ3v) is 6.71. The van der Waals surface area contributed by atoms with E-state index in [1.54, 1.807) is 24.3 Å². The summed E-state index contributed by atoms with van der Waals surface area (Å²) >= 11 is 0. The summed E-state index contributed by atoms with van der Waals surface area (Å²) < 4.78 is 38.8. The molecule has 1 saturated heterocycles. The van der Waals surface area contributed by atoms with Gasteiger partial charge in [0.1, 0.15) is 23.4 Å². The Morgan fingerprint density at radius 1 is 0.893 bits per heavy atom. The average Bonchev–Trinajstić information content (AvgIpc) is 3.42. The molecule has 1 unspecified atom stereocenters. The van der Waals surface area contributed by atoms with Crippen LogP contribution < -0.4 is 4.74 Å². The molecule has 1 heterocycles. The van der Waals surface area contributed by atoms with Crippen LogP contribution in [0.5, 0.6) is 5.75 Å². The third kappa shape index (κ3) is 4.26. The van der Waals surface area contributed by atoms with Crippen molar-refractivity contribution in [3.63, 3.8) is 0 Å². The second-order valence-electron chi connectivity index (χ2n) is 9.40. The summed E-state index contributed by atoms with van der Waals surface area (Å²) in [5, 5.41) is 0. The lowest BCUT2D eigenvalue weighted by Crippen LogP contribution is -2.20. The Hall–Kier alpha value is -1.85. The minimum absolute atomic E-state index is 0.0467. The summed E-state index contributed by atoms with van der Waals surface area (Å²) in [6.45, 7) is 13.3. The van der Waals surface area contributed by atoms with Gasteiger partial charge in [0.2, 0.25) is 9.84 Å². The van der Waals surface area contributed by atoms with Gasteiger partial charge in [0, 0.05) is 5.56 Å². The first kappa shape index (κ1) is 20.9. The summed E-state index contributed by atoms with van der Waals surface area (Å²) in [4.78, 5) is 0.554. The Labute approximate surface area is 168 Å². The molecule has 1 fully saturated rings. The number of hydrogen-bond acceptors (Lipinski definition) is 4. The monoisotopic (exact) mass is 402 g/mol. The SMILES string of the molecule is CC(C)(C)c1ccccc1S(=O)(=O)c1cccc(C(C)(C)C)c1OCC1CO1. The lowest BCUT2D eigenvalue weighted by Gasteiger charge is -2.26. The summed E-state index contributed by atoms with van der Waals surface area (Å²) in [6.07, 6.45) is 0.0467. The van der Waals surface area contributed by atoms with E-state index in [2.05, 4.69) is 20.8 Å². The highest BCUT2D eigenvalue weighted by atomic mass is 32.2. The molecule has 2 aromatic rings. The minimum Gasteiger partial charge on any atom is -0.489 e. The van der Waals surface area contributed by atoms with Crippen LogP contribution in [0.25, 0.3) is 0 Å². The first-order chi connectivity index (χ1) is 12.9. The predicted octanol–water partition coefficient (Wildman–Crippen LogP) is 4.89. The topological polar surface area (TPSA) is 55.9 Å². The molecule has 0 N–H and O–H groups in total. The van der Waals surface area contributed by atoms with Crippen LogP contribution in [0.3, 0.4) is 0 Å². The van der Waals surface area contributed by atoms with Crippen LogP contribution in [-0.4, -0.2) is 27.7 Å². The standard InChI is InChI=1S/C23H30O4S/c1-22(2,3)17-10-7-8-12-19(17)28(24,25)20-13-9-11-18(23(4,5)6)21(20)27-15-16-14-26-16/h7-13,16H,14-15H2,1-6H3. The van der Waals surface area contributed by atoms with E-state index in [0.717, 1.165) is 11.1 Å². The Bertz CT molecular complexity index is 959. The molecule has 5 heteroatoms. The van der Waals surface area contributed by atoms with Crippen molar-refractivity contribution in [1.29, 1.82) is 0 Å². The van der Waals surface area contributed by atoms with E-state index in [0.29, 0.717) is 23.9 Å². The van der Waals surface area contributed by atoms with Crippen molar-refractivity contribution in [2.75, 3.05) is 13.2 Å². The number of ether oxygens (including phenoxy) is 2. The largest absolute Gasteiger partial charge is 0.489 e. The molecule has 3 rings (SSSR count). The third-order valence-electron chi connectivity index (χ3n) is 4.88. The van der Waals surface area contributed by atoms with Gasteiger partial charge < -0.3 is 9.47 Å². The zero-order chi connectivity index (χ0) is 20.7. The van der Waals surface area contributed by atoms with Gasteiger partial charge in [0.25, 0.3) is 0 Å². The number of hydrogen-bond donors (Lipinski definition) is 0. The van der Waals surface area contributed by atoms with Crippen LogP contribution in [0.2, 0.25) is 0 Å². The average molecular weight is 403 g/mol. The normalized spacial score (nSPS) is 17.4. The zero-order valence-electron chi connectivity index (χ0n) is 17.6. The molecule has 152 valence electrons. The lowest BCUT2D eigenvalue weighted by atomic mass is 9.86. The summed E-state index contributed by atoms with van der Waals surface area (Å²) in [6, 6.07) is 12.6. The molecule has 0 bridgehead atoms. The number of para-hydroxylation sites is 1. The fraction of sp³-hybridized carbons (Fsp3) is 0.478. The highest BCUT2D eigenvalue weighted by Gasteiger charge is 2.33. The Morgan fingerprint density at radius 2 is 1.43 bits per heavy atom. The molecule has 1 aliphatic heterocycles. The smallest absolute Gasteiger partial charge is 0.210 e. The number of epoxide rings is 1. The van der Waals surface area contributed by atoms with E-state index >= 15 is 0 Å². The van der Waals surface area contributed by atoms with E-state index in [1.165, 1.54) is 0 Å². The highest BCUT2D eigenvalue weighted by Crippen LogP contribution is 2.41. The molecule has 0 aromatic heterocycles. The van der Waals surface area contributed by atoms with Crippen molar-refractivity contribution >= 4 is 9.84 Å². The van der Waals surface area contributed by atoms with Crippen LogP contribution in [0.15, 0.2) is 52.3 Å². The lowest BCUT2D eigenvalue weighted by molar-refractivity contribution is 0.253. The quantitative estimate of drug-likeness (QED) is 0.668. The van der Waals surface area contributed by atoms with Crippen molar-refractivity contribution in [2.45, 2.75) is 68.3 Å². The van der Waals surface area contributed by atoms with Gasteiger partial charge in [-0.15, -0.1) is 0 Å². The van der Waals surface area contributed by atoms with Gasteiger partial charge in [0.05, 0.1) is 11.5 Å². The van der Waals surface area contributed by atoms with Crippen molar-refractivity contribution in [1.82, 2.24) is 0 Å². The van der Waals surface area contributed by atoms with E-state index < -0.39 is 9.84 Å². The fourth-order valence-electron chi connectivity index (χ4n) is 3.25.